The zero-order valence-corrected chi connectivity index (χ0v) is 17.2. The van der Waals surface area contributed by atoms with Crippen LogP contribution >= 0.6 is 31.9 Å². The zero-order chi connectivity index (χ0) is 20.0. The van der Waals surface area contributed by atoms with E-state index in [9.17, 15) is 18.0 Å². The SMILES string of the molecule is CCON=C(CNC(=O)c1ccccc1C(F)(F)F)c1ncc(Br)cc1Br. The van der Waals surface area contributed by atoms with Gasteiger partial charge in [-0.3, -0.25) is 9.78 Å². The van der Waals surface area contributed by atoms with Crippen molar-refractivity contribution < 1.29 is 22.8 Å². The van der Waals surface area contributed by atoms with Crippen LogP contribution in [0.1, 0.15) is 28.5 Å². The van der Waals surface area contributed by atoms with Crippen molar-refractivity contribution >= 4 is 43.5 Å². The van der Waals surface area contributed by atoms with Crippen LogP contribution in [0, 0.1) is 0 Å². The Labute approximate surface area is 170 Å². The number of aromatic nitrogens is 1. The maximum Gasteiger partial charge on any atom is 0.417 e. The minimum absolute atomic E-state index is 0.168. The first kappa shape index (κ1) is 21.4. The minimum Gasteiger partial charge on any atom is -0.396 e. The van der Waals surface area contributed by atoms with Gasteiger partial charge >= 0.3 is 6.18 Å². The number of carbonyl (C=O) groups is 1. The summed E-state index contributed by atoms with van der Waals surface area (Å²) in [4.78, 5) is 21.6. The van der Waals surface area contributed by atoms with Gasteiger partial charge in [-0.2, -0.15) is 13.2 Å². The Bertz CT molecular complexity index is 858. The highest BCUT2D eigenvalue weighted by molar-refractivity contribution is 9.11. The van der Waals surface area contributed by atoms with E-state index in [2.05, 4.69) is 47.3 Å². The fourth-order valence-electron chi connectivity index (χ4n) is 2.12. The molecule has 0 unspecified atom stereocenters. The Morgan fingerprint density at radius 3 is 2.63 bits per heavy atom. The third-order valence-electron chi connectivity index (χ3n) is 3.28. The van der Waals surface area contributed by atoms with Crippen LogP contribution in [-0.2, 0) is 11.0 Å². The first-order valence-corrected chi connectivity index (χ1v) is 9.27. The van der Waals surface area contributed by atoms with E-state index in [0.29, 0.717) is 10.2 Å². The van der Waals surface area contributed by atoms with Crippen LogP contribution in [0.4, 0.5) is 13.2 Å². The Kier molecular flexibility index (Phi) is 7.37. The molecule has 10 heteroatoms. The highest BCUT2D eigenvalue weighted by Crippen LogP contribution is 2.31. The second-order valence-corrected chi connectivity index (χ2v) is 6.94. The van der Waals surface area contributed by atoms with E-state index in [4.69, 9.17) is 4.84 Å². The summed E-state index contributed by atoms with van der Waals surface area (Å²) in [6, 6.07) is 6.30. The second kappa shape index (κ2) is 9.32. The molecule has 0 saturated heterocycles. The van der Waals surface area contributed by atoms with Crippen molar-refractivity contribution in [2.45, 2.75) is 13.1 Å². The van der Waals surface area contributed by atoms with Crippen molar-refractivity contribution in [3.8, 4) is 0 Å². The summed E-state index contributed by atoms with van der Waals surface area (Å²) in [7, 11) is 0. The van der Waals surface area contributed by atoms with E-state index in [-0.39, 0.29) is 18.9 Å². The molecule has 1 aromatic carbocycles. The first-order valence-electron chi connectivity index (χ1n) is 7.68. The quantitative estimate of drug-likeness (QED) is 0.450. The number of hydrogen-bond acceptors (Lipinski definition) is 4. The normalized spacial score (nSPS) is 12.0. The molecular formula is C17H14Br2F3N3O2. The number of benzene rings is 1. The fourth-order valence-corrected chi connectivity index (χ4v) is 3.33. The molecule has 0 aliphatic carbocycles. The second-order valence-electron chi connectivity index (χ2n) is 5.17. The summed E-state index contributed by atoms with van der Waals surface area (Å²) >= 11 is 6.62. The number of halogens is 5. The number of amides is 1. The van der Waals surface area contributed by atoms with Crippen LogP contribution in [0.2, 0.25) is 0 Å². The van der Waals surface area contributed by atoms with Gasteiger partial charge in [-0.05, 0) is 57.0 Å². The monoisotopic (exact) mass is 507 g/mol. The number of nitrogens with one attached hydrogen (secondary N) is 1. The largest absolute Gasteiger partial charge is 0.417 e. The minimum atomic E-state index is -4.63. The van der Waals surface area contributed by atoms with E-state index in [0.717, 1.165) is 16.6 Å². The Morgan fingerprint density at radius 2 is 2.00 bits per heavy atom. The standard InChI is InChI=1S/C17H14Br2F3N3O2/c1-2-27-25-14(15-13(19)7-10(18)8-23-15)9-24-16(26)11-5-3-4-6-12(11)17(20,21)22/h3-8H,2,9H2,1H3,(H,24,26). The van der Waals surface area contributed by atoms with Gasteiger partial charge in [0.05, 0.1) is 17.7 Å². The smallest absolute Gasteiger partial charge is 0.396 e. The van der Waals surface area contributed by atoms with E-state index in [1.54, 1.807) is 13.0 Å². The molecule has 0 bridgehead atoms. The predicted molar refractivity (Wildman–Crippen MR) is 102 cm³/mol. The summed E-state index contributed by atoms with van der Waals surface area (Å²) in [6.07, 6.45) is -3.10. The maximum absolute atomic E-state index is 13.1. The van der Waals surface area contributed by atoms with Crippen molar-refractivity contribution in [3.63, 3.8) is 0 Å². The van der Waals surface area contributed by atoms with Crippen LogP contribution < -0.4 is 5.32 Å². The van der Waals surface area contributed by atoms with Crippen molar-refractivity contribution in [2.75, 3.05) is 13.2 Å². The molecule has 0 aliphatic heterocycles. The Balaban J connectivity index is 2.25. The number of alkyl halides is 3. The van der Waals surface area contributed by atoms with Gasteiger partial charge in [0.15, 0.2) is 0 Å². The van der Waals surface area contributed by atoms with Gasteiger partial charge in [0, 0.05) is 15.1 Å². The van der Waals surface area contributed by atoms with Gasteiger partial charge in [0.1, 0.15) is 18.0 Å². The molecule has 0 spiro atoms. The van der Waals surface area contributed by atoms with Crippen LogP contribution in [0.3, 0.4) is 0 Å². The molecule has 1 heterocycles. The third-order valence-corrected chi connectivity index (χ3v) is 4.32. The molecule has 0 saturated carbocycles. The molecule has 1 N–H and O–H groups in total. The topological polar surface area (TPSA) is 63.6 Å². The summed E-state index contributed by atoms with van der Waals surface area (Å²) in [5.41, 5.74) is -0.817. The molecule has 2 rings (SSSR count). The summed E-state index contributed by atoms with van der Waals surface area (Å²) < 4.78 is 40.6. The fraction of sp³-hybridized carbons (Fsp3) is 0.235. The molecule has 5 nitrogen and oxygen atoms in total. The molecule has 2 aromatic rings. The predicted octanol–water partition coefficient (Wildman–Crippen LogP) is 4.80. The molecule has 1 amide bonds. The van der Waals surface area contributed by atoms with E-state index >= 15 is 0 Å². The molecule has 0 atom stereocenters. The lowest BCUT2D eigenvalue weighted by atomic mass is 10.1. The number of oxime groups is 1. The number of hydrogen-bond donors (Lipinski definition) is 1. The summed E-state index contributed by atoms with van der Waals surface area (Å²) in [6.45, 7) is 1.84. The van der Waals surface area contributed by atoms with Crippen molar-refractivity contribution in [1.29, 1.82) is 0 Å². The van der Waals surface area contributed by atoms with E-state index < -0.39 is 23.2 Å². The summed E-state index contributed by atoms with van der Waals surface area (Å²) in [5, 5.41) is 6.35. The van der Waals surface area contributed by atoms with Crippen LogP contribution in [0.15, 0.2) is 50.6 Å². The average Bonchev–Trinajstić information content (AvgIpc) is 2.61. The van der Waals surface area contributed by atoms with Crippen molar-refractivity contribution in [1.82, 2.24) is 10.3 Å². The summed E-state index contributed by atoms with van der Waals surface area (Å²) in [5.74, 6) is -0.875. The number of pyridine rings is 1. The Hall–Kier alpha value is -1.94. The van der Waals surface area contributed by atoms with Gasteiger partial charge < -0.3 is 10.2 Å². The van der Waals surface area contributed by atoms with E-state index in [1.807, 2.05) is 0 Å². The number of rotatable bonds is 6. The van der Waals surface area contributed by atoms with Crippen molar-refractivity contribution in [3.05, 3.63) is 62.3 Å². The zero-order valence-electron chi connectivity index (χ0n) is 14.0. The van der Waals surface area contributed by atoms with Crippen molar-refractivity contribution in [2.24, 2.45) is 5.16 Å². The Morgan fingerprint density at radius 1 is 1.30 bits per heavy atom. The van der Waals surface area contributed by atoms with Gasteiger partial charge in [0.25, 0.3) is 5.91 Å². The lowest BCUT2D eigenvalue weighted by Crippen LogP contribution is -2.32. The molecule has 0 radical (unpaired) electrons. The molecule has 0 aliphatic rings. The molecule has 144 valence electrons. The van der Waals surface area contributed by atoms with Crippen LogP contribution in [0.25, 0.3) is 0 Å². The highest BCUT2D eigenvalue weighted by Gasteiger charge is 2.34. The van der Waals surface area contributed by atoms with Gasteiger partial charge in [0.2, 0.25) is 0 Å². The van der Waals surface area contributed by atoms with Crippen LogP contribution in [-0.4, -0.2) is 29.8 Å². The molecular weight excluding hydrogens is 495 g/mol. The van der Waals surface area contributed by atoms with E-state index in [1.165, 1.54) is 18.3 Å². The average molecular weight is 509 g/mol. The first-order chi connectivity index (χ1) is 12.7. The molecule has 0 fully saturated rings. The number of nitrogens with zero attached hydrogens (tertiary/aromatic N) is 2. The number of carbonyl (C=O) groups excluding carboxylic acids is 1. The lowest BCUT2D eigenvalue weighted by Gasteiger charge is -2.13. The maximum atomic E-state index is 13.1. The van der Waals surface area contributed by atoms with Gasteiger partial charge in [-0.1, -0.05) is 17.3 Å². The highest BCUT2D eigenvalue weighted by atomic mass is 79.9. The molecule has 27 heavy (non-hydrogen) atoms. The van der Waals surface area contributed by atoms with Gasteiger partial charge in [-0.15, -0.1) is 0 Å². The molecule has 1 aromatic heterocycles. The third kappa shape index (κ3) is 5.77. The van der Waals surface area contributed by atoms with Gasteiger partial charge in [-0.25, -0.2) is 0 Å². The lowest BCUT2D eigenvalue weighted by molar-refractivity contribution is -0.137. The van der Waals surface area contributed by atoms with Crippen LogP contribution in [0.5, 0.6) is 0 Å².